The van der Waals surface area contributed by atoms with Crippen LogP contribution in [0.1, 0.15) is 13.3 Å². The van der Waals surface area contributed by atoms with Crippen molar-refractivity contribution in [3.05, 3.63) is 0 Å². The Balaban J connectivity index is 2.11. The fourth-order valence-corrected chi connectivity index (χ4v) is 1.35. The van der Waals surface area contributed by atoms with Gasteiger partial charge in [-0.3, -0.25) is 4.79 Å². The van der Waals surface area contributed by atoms with E-state index in [0.717, 1.165) is 0 Å². The Hall–Kier alpha value is -0.650. The quantitative estimate of drug-likeness (QED) is 0.578. The van der Waals surface area contributed by atoms with Gasteiger partial charge in [0.1, 0.15) is 5.60 Å². The molecule has 1 rings (SSSR count). The van der Waals surface area contributed by atoms with Gasteiger partial charge in [0.05, 0.1) is 19.8 Å². The van der Waals surface area contributed by atoms with E-state index in [4.69, 9.17) is 9.47 Å². The summed E-state index contributed by atoms with van der Waals surface area (Å²) < 4.78 is 9.78. The molecular formula is C9H17NO4. The van der Waals surface area contributed by atoms with Gasteiger partial charge >= 0.3 is 5.97 Å². The number of carbonyl (C=O) groups is 1. The van der Waals surface area contributed by atoms with Gasteiger partial charge in [-0.25, -0.2) is 0 Å². The minimum atomic E-state index is -0.813. The molecule has 5 heteroatoms. The molecule has 0 bridgehead atoms. The van der Waals surface area contributed by atoms with E-state index >= 15 is 0 Å². The Bertz CT molecular complexity index is 189. The number of hydrogen-bond acceptors (Lipinski definition) is 5. The second-order valence-electron chi connectivity index (χ2n) is 3.44. The summed E-state index contributed by atoms with van der Waals surface area (Å²) in [6.45, 7) is 3.56. The van der Waals surface area contributed by atoms with Crippen molar-refractivity contribution in [2.24, 2.45) is 0 Å². The Labute approximate surface area is 83.4 Å². The lowest BCUT2D eigenvalue weighted by molar-refractivity contribution is -0.142. The second kappa shape index (κ2) is 5.29. The molecule has 0 aromatic carbocycles. The Morgan fingerprint density at radius 3 is 3.07 bits per heavy atom. The van der Waals surface area contributed by atoms with Gasteiger partial charge in [-0.15, -0.1) is 0 Å². The fourth-order valence-electron chi connectivity index (χ4n) is 1.35. The van der Waals surface area contributed by atoms with E-state index in [2.05, 4.69) is 5.32 Å². The van der Waals surface area contributed by atoms with Crippen LogP contribution < -0.4 is 5.32 Å². The highest BCUT2D eigenvalue weighted by Crippen LogP contribution is 2.16. The van der Waals surface area contributed by atoms with Gasteiger partial charge in [0.2, 0.25) is 0 Å². The van der Waals surface area contributed by atoms with Gasteiger partial charge in [0.25, 0.3) is 0 Å². The lowest BCUT2D eigenvalue weighted by atomic mass is 10.0. The maximum atomic E-state index is 10.9. The molecule has 5 nitrogen and oxygen atoms in total. The Kier molecular flexibility index (Phi) is 4.31. The first-order valence-electron chi connectivity index (χ1n) is 4.83. The van der Waals surface area contributed by atoms with Crippen LogP contribution in [-0.2, 0) is 14.3 Å². The van der Waals surface area contributed by atoms with Crippen LogP contribution in [-0.4, -0.2) is 49.6 Å². The molecule has 82 valence electrons. The van der Waals surface area contributed by atoms with Crippen molar-refractivity contribution < 1.29 is 19.4 Å². The number of hydrogen-bond donors (Lipinski definition) is 2. The summed E-state index contributed by atoms with van der Waals surface area (Å²) in [4.78, 5) is 10.9. The highest BCUT2D eigenvalue weighted by Gasteiger charge is 2.31. The van der Waals surface area contributed by atoms with Crippen molar-refractivity contribution in [1.29, 1.82) is 0 Å². The van der Waals surface area contributed by atoms with Gasteiger partial charge in [0.15, 0.2) is 0 Å². The highest BCUT2D eigenvalue weighted by molar-refractivity contribution is 5.71. The van der Waals surface area contributed by atoms with Crippen molar-refractivity contribution in [2.75, 3.05) is 32.9 Å². The first-order valence-corrected chi connectivity index (χ1v) is 4.83. The van der Waals surface area contributed by atoms with Gasteiger partial charge in [0, 0.05) is 19.6 Å². The molecule has 1 atom stereocenters. The van der Waals surface area contributed by atoms with E-state index in [1.54, 1.807) is 6.92 Å². The zero-order valence-electron chi connectivity index (χ0n) is 8.41. The van der Waals surface area contributed by atoms with Crippen molar-refractivity contribution in [3.8, 4) is 0 Å². The SMILES string of the molecule is CCOC(=O)CNCC1(O)CCOC1. The van der Waals surface area contributed by atoms with Crippen LogP contribution in [0.3, 0.4) is 0 Å². The normalized spacial score (nSPS) is 26.4. The first-order chi connectivity index (χ1) is 6.66. The van der Waals surface area contributed by atoms with E-state index < -0.39 is 5.60 Å². The molecule has 1 aliphatic heterocycles. The summed E-state index contributed by atoms with van der Waals surface area (Å²) in [6.07, 6.45) is 0.614. The van der Waals surface area contributed by atoms with Crippen LogP contribution in [0.15, 0.2) is 0 Å². The molecule has 0 spiro atoms. The van der Waals surface area contributed by atoms with E-state index in [-0.39, 0.29) is 12.5 Å². The summed E-state index contributed by atoms with van der Waals surface area (Å²) in [5, 5.41) is 12.6. The number of rotatable bonds is 5. The molecule has 0 saturated carbocycles. The number of nitrogens with one attached hydrogen (secondary N) is 1. The molecule has 1 unspecified atom stereocenters. The van der Waals surface area contributed by atoms with E-state index in [9.17, 15) is 9.90 Å². The number of ether oxygens (including phenoxy) is 2. The first kappa shape index (κ1) is 11.4. The van der Waals surface area contributed by atoms with E-state index in [0.29, 0.717) is 32.8 Å². The lowest BCUT2D eigenvalue weighted by Crippen LogP contribution is -2.42. The zero-order valence-corrected chi connectivity index (χ0v) is 8.41. The fraction of sp³-hybridized carbons (Fsp3) is 0.889. The average Bonchev–Trinajstić information content (AvgIpc) is 2.53. The van der Waals surface area contributed by atoms with Crippen molar-refractivity contribution in [2.45, 2.75) is 18.9 Å². The monoisotopic (exact) mass is 203 g/mol. The molecule has 1 saturated heterocycles. The molecule has 0 aromatic rings. The van der Waals surface area contributed by atoms with Crippen LogP contribution in [0.5, 0.6) is 0 Å². The third-order valence-electron chi connectivity index (χ3n) is 2.11. The molecule has 1 heterocycles. The Morgan fingerprint density at radius 1 is 1.71 bits per heavy atom. The zero-order chi connectivity index (χ0) is 10.4. The Morgan fingerprint density at radius 2 is 2.50 bits per heavy atom. The standard InChI is InChI=1S/C9H17NO4/c1-2-14-8(11)5-10-6-9(12)3-4-13-7-9/h10,12H,2-7H2,1H3. The third-order valence-corrected chi connectivity index (χ3v) is 2.11. The molecule has 1 fully saturated rings. The van der Waals surface area contributed by atoms with E-state index in [1.807, 2.05) is 0 Å². The van der Waals surface area contributed by atoms with Gasteiger partial charge < -0.3 is 19.9 Å². The van der Waals surface area contributed by atoms with Gasteiger partial charge in [-0.1, -0.05) is 0 Å². The van der Waals surface area contributed by atoms with Crippen LogP contribution >= 0.6 is 0 Å². The van der Waals surface area contributed by atoms with Crippen LogP contribution in [0.4, 0.5) is 0 Å². The maximum Gasteiger partial charge on any atom is 0.319 e. The van der Waals surface area contributed by atoms with Gasteiger partial charge in [-0.05, 0) is 6.92 Å². The summed E-state index contributed by atoms with van der Waals surface area (Å²) in [5.41, 5.74) is -0.813. The predicted molar refractivity (Wildman–Crippen MR) is 49.9 cm³/mol. The minimum Gasteiger partial charge on any atom is -0.465 e. The molecule has 0 radical (unpaired) electrons. The topological polar surface area (TPSA) is 67.8 Å². The molecule has 14 heavy (non-hydrogen) atoms. The third kappa shape index (κ3) is 3.61. The smallest absolute Gasteiger partial charge is 0.319 e. The van der Waals surface area contributed by atoms with Gasteiger partial charge in [-0.2, -0.15) is 0 Å². The second-order valence-corrected chi connectivity index (χ2v) is 3.44. The molecule has 2 N–H and O–H groups in total. The summed E-state index contributed by atoms with van der Waals surface area (Å²) in [5.74, 6) is -0.296. The number of aliphatic hydroxyl groups is 1. The number of esters is 1. The number of carbonyl (C=O) groups excluding carboxylic acids is 1. The van der Waals surface area contributed by atoms with Crippen molar-refractivity contribution >= 4 is 5.97 Å². The van der Waals surface area contributed by atoms with Crippen LogP contribution in [0.25, 0.3) is 0 Å². The molecule has 1 aliphatic rings. The summed E-state index contributed by atoms with van der Waals surface area (Å²) >= 11 is 0. The average molecular weight is 203 g/mol. The van der Waals surface area contributed by atoms with E-state index in [1.165, 1.54) is 0 Å². The summed E-state index contributed by atoms with van der Waals surface area (Å²) in [6, 6.07) is 0. The maximum absolute atomic E-state index is 10.9. The molecular weight excluding hydrogens is 186 g/mol. The van der Waals surface area contributed by atoms with Crippen LogP contribution in [0.2, 0.25) is 0 Å². The van der Waals surface area contributed by atoms with Crippen molar-refractivity contribution in [3.63, 3.8) is 0 Å². The molecule has 0 amide bonds. The highest BCUT2D eigenvalue weighted by atomic mass is 16.5. The summed E-state index contributed by atoms with van der Waals surface area (Å²) in [7, 11) is 0. The predicted octanol–water partition coefficient (Wildman–Crippen LogP) is -0.709. The molecule has 0 aromatic heterocycles. The molecule has 0 aliphatic carbocycles. The van der Waals surface area contributed by atoms with Crippen molar-refractivity contribution in [1.82, 2.24) is 5.32 Å². The minimum absolute atomic E-state index is 0.135. The largest absolute Gasteiger partial charge is 0.465 e. The lowest BCUT2D eigenvalue weighted by Gasteiger charge is -2.20. The van der Waals surface area contributed by atoms with Crippen LogP contribution in [0, 0.1) is 0 Å².